The fourth-order valence-electron chi connectivity index (χ4n) is 4.02. The Bertz CT molecular complexity index is 452. The molecule has 3 unspecified atom stereocenters. The molecule has 2 rings (SSSR count). The van der Waals surface area contributed by atoms with Crippen LogP contribution in [0.4, 0.5) is 0 Å². The van der Waals surface area contributed by atoms with Gasteiger partial charge in [0.1, 0.15) is 0 Å². The lowest BCUT2D eigenvalue weighted by molar-refractivity contribution is 0.0567. The van der Waals surface area contributed by atoms with Crippen LogP contribution in [0.2, 0.25) is 0 Å². The molecule has 0 aliphatic heterocycles. The van der Waals surface area contributed by atoms with Crippen LogP contribution in [0.1, 0.15) is 63.9 Å². The van der Waals surface area contributed by atoms with E-state index >= 15 is 0 Å². The number of hydrogen-bond donors (Lipinski definition) is 3. The summed E-state index contributed by atoms with van der Waals surface area (Å²) in [6, 6.07) is 9.98. The van der Waals surface area contributed by atoms with Crippen LogP contribution in [-0.4, -0.2) is 22.0 Å². The highest BCUT2D eigenvalue weighted by molar-refractivity contribution is 7.81. The minimum atomic E-state index is -0.555. The molecule has 1 aliphatic rings. The summed E-state index contributed by atoms with van der Waals surface area (Å²) >= 11 is 5.07. The molecule has 1 fully saturated rings. The first-order valence-corrected chi connectivity index (χ1v) is 9.72. The predicted octanol–water partition coefficient (Wildman–Crippen LogP) is 4.78. The van der Waals surface area contributed by atoms with E-state index in [-0.39, 0.29) is 23.2 Å². The van der Waals surface area contributed by atoms with E-state index in [1.807, 2.05) is 18.2 Å². The smallest absolute Gasteiger partial charge is 0.0840 e. The zero-order chi connectivity index (χ0) is 16.7. The van der Waals surface area contributed by atoms with Gasteiger partial charge in [0.25, 0.3) is 0 Å². The van der Waals surface area contributed by atoms with E-state index in [9.17, 15) is 5.11 Å². The van der Waals surface area contributed by atoms with E-state index in [0.29, 0.717) is 12.3 Å². The molecule has 3 N–H and O–H groups in total. The average molecular weight is 372 g/mol. The molecule has 0 radical (unpaired) electrons. The molecular formula is C20H34ClNOS. The minimum Gasteiger partial charge on any atom is -0.390 e. The van der Waals surface area contributed by atoms with Gasteiger partial charge in [-0.15, -0.1) is 12.4 Å². The Balaban J connectivity index is 0.00000288. The van der Waals surface area contributed by atoms with Crippen molar-refractivity contribution in [3.05, 3.63) is 35.9 Å². The quantitative estimate of drug-likeness (QED) is 0.576. The number of thiol groups is 1. The average Bonchev–Trinajstić information content (AvgIpc) is 2.60. The van der Waals surface area contributed by atoms with E-state index in [1.165, 1.54) is 37.7 Å². The molecule has 4 heteroatoms. The van der Waals surface area contributed by atoms with Crippen LogP contribution in [0.3, 0.4) is 0 Å². The van der Waals surface area contributed by atoms with Crippen molar-refractivity contribution in [2.75, 3.05) is 0 Å². The number of hydrogen-bond acceptors (Lipinski definition) is 3. The Hall–Kier alpha value is -0.220. The number of rotatable bonds is 8. The van der Waals surface area contributed by atoms with Crippen molar-refractivity contribution >= 4 is 25.0 Å². The Morgan fingerprint density at radius 3 is 2.42 bits per heavy atom. The molecule has 0 spiro atoms. The number of benzene rings is 1. The van der Waals surface area contributed by atoms with Crippen LogP contribution in [0.5, 0.6) is 0 Å². The number of aliphatic hydroxyl groups is 1. The van der Waals surface area contributed by atoms with Gasteiger partial charge in [-0.2, -0.15) is 12.6 Å². The monoisotopic (exact) mass is 371 g/mol. The zero-order valence-electron chi connectivity index (χ0n) is 14.9. The maximum Gasteiger partial charge on any atom is 0.0840 e. The Morgan fingerprint density at radius 1 is 1.21 bits per heavy atom. The van der Waals surface area contributed by atoms with Crippen molar-refractivity contribution in [1.82, 2.24) is 0 Å². The first-order valence-electron chi connectivity index (χ1n) is 9.28. The second kappa shape index (κ2) is 10.7. The zero-order valence-corrected chi connectivity index (χ0v) is 16.6. The van der Waals surface area contributed by atoms with Gasteiger partial charge in [-0.1, -0.05) is 69.4 Å². The van der Waals surface area contributed by atoms with E-state index in [4.69, 9.17) is 18.4 Å². The molecule has 24 heavy (non-hydrogen) atoms. The van der Waals surface area contributed by atoms with Gasteiger partial charge in [0, 0.05) is 10.8 Å². The van der Waals surface area contributed by atoms with Crippen molar-refractivity contribution in [3.63, 3.8) is 0 Å². The van der Waals surface area contributed by atoms with Gasteiger partial charge in [0.05, 0.1) is 6.10 Å². The van der Waals surface area contributed by atoms with Crippen LogP contribution in [-0.2, 0) is 6.42 Å². The largest absolute Gasteiger partial charge is 0.390 e. The predicted molar refractivity (Wildman–Crippen MR) is 109 cm³/mol. The lowest BCUT2D eigenvalue weighted by Crippen LogP contribution is -2.54. The second-order valence-corrected chi connectivity index (χ2v) is 8.06. The summed E-state index contributed by atoms with van der Waals surface area (Å²) in [5.74, 6) is 0.489. The summed E-state index contributed by atoms with van der Waals surface area (Å²) in [6.07, 6.45) is 9.57. The normalized spacial score (nSPS) is 20.7. The standard InChI is InChI=1S/C20H33NOS.ClH/c1-2-3-14-20(23,17-12-8-5-9-13-17)19(22)18(21)15-16-10-6-4-7-11-16;/h4,6-7,10-11,17-19,22-23H,2-3,5,8-9,12-15,21H2,1H3;1H. The molecule has 0 bridgehead atoms. The first kappa shape index (κ1) is 21.8. The van der Waals surface area contributed by atoms with E-state index in [2.05, 4.69) is 19.1 Å². The van der Waals surface area contributed by atoms with E-state index < -0.39 is 6.10 Å². The Morgan fingerprint density at radius 2 is 1.83 bits per heavy atom. The summed E-state index contributed by atoms with van der Waals surface area (Å²) in [6.45, 7) is 2.20. The third-order valence-corrected chi connectivity index (χ3v) is 6.33. The van der Waals surface area contributed by atoms with Crippen LogP contribution in [0, 0.1) is 5.92 Å². The van der Waals surface area contributed by atoms with Gasteiger partial charge < -0.3 is 10.8 Å². The number of nitrogens with two attached hydrogens (primary N) is 1. The van der Waals surface area contributed by atoms with Crippen molar-refractivity contribution < 1.29 is 5.11 Å². The lowest BCUT2D eigenvalue weighted by atomic mass is 9.72. The summed E-state index contributed by atoms with van der Waals surface area (Å²) in [7, 11) is 0. The second-order valence-electron chi connectivity index (χ2n) is 7.23. The molecule has 0 saturated heterocycles. The van der Waals surface area contributed by atoms with Crippen LogP contribution in [0.15, 0.2) is 30.3 Å². The molecule has 3 atom stereocenters. The van der Waals surface area contributed by atoms with E-state index in [1.54, 1.807) is 0 Å². The van der Waals surface area contributed by atoms with E-state index in [0.717, 1.165) is 19.3 Å². The third kappa shape index (κ3) is 5.66. The Labute approximate surface area is 159 Å². The van der Waals surface area contributed by atoms with Crippen LogP contribution >= 0.6 is 25.0 Å². The molecule has 0 amide bonds. The van der Waals surface area contributed by atoms with Crippen molar-refractivity contribution in [2.45, 2.75) is 81.6 Å². The molecule has 0 heterocycles. The third-order valence-electron chi connectivity index (χ3n) is 5.47. The molecule has 1 saturated carbocycles. The summed E-state index contributed by atoms with van der Waals surface area (Å²) < 4.78 is -0.343. The van der Waals surface area contributed by atoms with Gasteiger partial charge in [-0.3, -0.25) is 0 Å². The first-order chi connectivity index (χ1) is 11.1. The molecule has 138 valence electrons. The Kier molecular flexibility index (Phi) is 9.73. The molecule has 2 nitrogen and oxygen atoms in total. The van der Waals surface area contributed by atoms with Gasteiger partial charge in [0.2, 0.25) is 0 Å². The maximum absolute atomic E-state index is 11.1. The molecule has 0 aromatic heterocycles. The van der Waals surface area contributed by atoms with Crippen molar-refractivity contribution in [3.8, 4) is 0 Å². The van der Waals surface area contributed by atoms with Gasteiger partial charge in [-0.25, -0.2) is 0 Å². The van der Waals surface area contributed by atoms with Crippen LogP contribution in [0.25, 0.3) is 0 Å². The maximum atomic E-state index is 11.1. The van der Waals surface area contributed by atoms with Crippen LogP contribution < -0.4 is 5.73 Å². The highest BCUT2D eigenvalue weighted by atomic mass is 35.5. The van der Waals surface area contributed by atoms with Crippen molar-refractivity contribution in [2.24, 2.45) is 11.7 Å². The molecular weight excluding hydrogens is 338 g/mol. The lowest BCUT2D eigenvalue weighted by Gasteiger charge is -2.44. The highest BCUT2D eigenvalue weighted by Gasteiger charge is 2.43. The fourth-order valence-corrected chi connectivity index (χ4v) is 4.63. The number of halogens is 1. The summed E-state index contributed by atoms with van der Waals surface area (Å²) in [5.41, 5.74) is 7.60. The molecule has 1 aliphatic carbocycles. The minimum absolute atomic E-state index is 0. The van der Waals surface area contributed by atoms with Crippen molar-refractivity contribution in [1.29, 1.82) is 0 Å². The summed E-state index contributed by atoms with van der Waals surface area (Å²) in [5, 5.41) is 11.1. The fraction of sp³-hybridized carbons (Fsp3) is 0.700. The number of aliphatic hydroxyl groups excluding tert-OH is 1. The topological polar surface area (TPSA) is 46.2 Å². The number of unbranched alkanes of at least 4 members (excludes halogenated alkanes) is 1. The molecule has 1 aromatic rings. The SMILES string of the molecule is CCCCC(S)(C1CCCCC1)C(O)C(N)Cc1ccccc1.Cl. The highest BCUT2D eigenvalue weighted by Crippen LogP contribution is 2.43. The molecule has 1 aromatic carbocycles. The van der Waals surface area contributed by atoms with Gasteiger partial charge in [-0.05, 0) is 37.2 Å². The van der Waals surface area contributed by atoms with Gasteiger partial charge in [0.15, 0.2) is 0 Å². The van der Waals surface area contributed by atoms with Gasteiger partial charge >= 0.3 is 0 Å². The summed E-state index contributed by atoms with van der Waals surface area (Å²) in [4.78, 5) is 0.